The van der Waals surface area contributed by atoms with Gasteiger partial charge in [-0.25, -0.2) is 13.2 Å². The number of nitrogens with one attached hydrogen (secondary N) is 2. The summed E-state index contributed by atoms with van der Waals surface area (Å²) in [5, 5.41) is 13.3. The Morgan fingerprint density at radius 3 is 2.20 bits per heavy atom. The normalized spacial score (nSPS) is 13.2. The van der Waals surface area contributed by atoms with E-state index in [9.17, 15) is 26.4 Å². The molecule has 13 heteroatoms. The third kappa shape index (κ3) is 10.6. The molecule has 0 aromatic heterocycles. The van der Waals surface area contributed by atoms with Crippen molar-refractivity contribution in [3.8, 4) is 0 Å². The summed E-state index contributed by atoms with van der Waals surface area (Å²) in [5.74, 6) is -1.66. The highest BCUT2D eigenvalue weighted by molar-refractivity contribution is 7.91. The first kappa shape index (κ1) is 32.8. The Bertz CT molecular complexity index is 1260. The summed E-state index contributed by atoms with van der Waals surface area (Å²) >= 11 is 0. The fourth-order valence-electron chi connectivity index (χ4n) is 3.58. The van der Waals surface area contributed by atoms with Crippen LogP contribution in [-0.2, 0) is 25.8 Å². The Kier molecular flexibility index (Phi) is 12.1. The van der Waals surface area contributed by atoms with Crippen LogP contribution in [0, 0.1) is 0 Å². The van der Waals surface area contributed by atoms with Crippen molar-refractivity contribution in [2.75, 3.05) is 39.1 Å². The molecule has 0 saturated carbocycles. The van der Waals surface area contributed by atoms with E-state index in [0.29, 0.717) is 23.9 Å². The average molecular weight is 585 g/mol. The number of benzene rings is 2. The first-order valence-corrected chi connectivity index (χ1v) is 14.3. The Morgan fingerprint density at radius 1 is 1.10 bits per heavy atom. The van der Waals surface area contributed by atoms with Crippen molar-refractivity contribution in [1.29, 1.82) is 0 Å². The van der Waals surface area contributed by atoms with Gasteiger partial charge in [0, 0.05) is 38.7 Å². The van der Waals surface area contributed by atoms with E-state index in [0.717, 1.165) is 42.0 Å². The van der Waals surface area contributed by atoms with E-state index in [-0.39, 0.29) is 18.2 Å². The lowest BCUT2D eigenvalue weighted by atomic mass is 10.0. The molecular formula is C27H35F3N4O5S. The van der Waals surface area contributed by atoms with Gasteiger partial charge in [-0.1, -0.05) is 50.2 Å². The summed E-state index contributed by atoms with van der Waals surface area (Å²) in [6, 6.07) is 15.2. The van der Waals surface area contributed by atoms with Crippen molar-refractivity contribution in [3.63, 3.8) is 0 Å². The van der Waals surface area contributed by atoms with Gasteiger partial charge >= 0.3 is 12.1 Å². The smallest absolute Gasteiger partial charge is 0.475 e. The number of sulfone groups is 1. The number of likely N-dealkylation sites (N-methyl/N-ethyl adjacent to an activating group) is 1. The number of amidine groups is 1. The zero-order valence-electron chi connectivity index (χ0n) is 22.7. The van der Waals surface area contributed by atoms with Gasteiger partial charge in [-0.05, 0) is 35.6 Å². The number of hydrogen-bond donors (Lipinski definition) is 3. The highest BCUT2D eigenvalue weighted by atomic mass is 32.2. The van der Waals surface area contributed by atoms with Crippen molar-refractivity contribution in [1.82, 2.24) is 15.5 Å². The number of rotatable bonds is 11. The van der Waals surface area contributed by atoms with Gasteiger partial charge in [0.05, 0.1) is 11.4 Å². The Balaban J connectivity index is 0.000000708. The molecule has 0 saturated heterocycles. The molecule has 2 aromatic rings. The third-order valence-electron chi connectivity index (χ3n) is 6.02. The van der Waals surface area contributed by atoms with Crippen LogP contribution < -0.4 is 10.6 Å². The number of carbonyl (C=O) groups is 2. The fraction of sp³-hybridized carbons (Fsp3) is 0.444. The van der Waals surface area contributed by atoms with Crippen LogP contribution in [0.1, 0.15) is 42.9 Å². The molecule has 1 heterocycles. The monoisotopic (exact) mass is 584 g/mol. The lowest BCUT2D eigenvalue weighted by Crippen LogP contribution is -2.32. The molecule has 1 aliphatic heterocycles. The third-order valence-corrected chi connectivity index (χ3v) is 7.59. The number of hydrogen-bond acceptors (Lipinski definition) is 7. The number of carboxylic acids is 1. The van der Waals surface area contributed by atoms with E-state index in [2.05, 4.69) is 53.7 Å². The number of alkyl halides is 3. The van der Waals surface area contributed by atoms with Crippen LogP contribution in [0.3, 0.4) is 0 Å². The molecular weight excluding hydrogens is 549 g/mol. The zero-order chi connectivity index (χ0) is 29.9. The maximum atomic E-state index is 12.5. The van der Waals surface area contributed by atoms with Crippen LogP contribution in [-0.4, -0.2) is 81.4 Å². The molecule has 9 nitrogen and oxygen atoms in total. The van der Waals surface area contributed by atoms with E-state index < -0.39 is 22.0 Å². The molecule has 0 bridgehead atoms. The maximum absolute atomic E-state index is 12.5. The van der Waals surface area contributed by atoms with Gasteiger partial charge in [-0.3, -0.25) is 9.79 Å². The minimum Gasteiger partial charge on any atom is -0.475 e. The minimum absolute atomic E-state index is 0.0117. The molecule has 1 aliphatic rings. The second kappa shape index (κ2) is 14.8. The lowest BCUT2D eigenvalue weighted by molar-refractivity contribution is -0.192. The van der Waals surface area contributed by atoms with Gasteiger partial charge in [0.1, 0.15) is 11.7 Å². The van der Waals surface area contributed by atoms with Crippen LogP contribution in [0.2, 0.25) is 0 Å². The molecule has 220 valence electrons. The van der Waals surface area contributed by atoms with Crippen molar-refractivity contribution in [3.05, 3.63) is 65.2 Å². The largest absolute Gasteiger partial charge is 0.490 e. The number of carbonyl (C=O) groups excluding carboxylic acids is 1. The highest BCUT2D eigenvalue weighted by Gasteiger charge is 2.38. The molecule has 0 aliphatic carbocycles. The van der Waals surface area contributed by atoms with Crippen LogP contribution in [0.25, 0.3) is 0 Å². The van der Waals surface area contributed by atoms with E-state index in [1.165, 1.54) is 0 Å². The van der Waals surface area contributed by atoms with Crippen molar-refractivity contribution in [2.45, 2.75) is 43.7 Å². The molecule has 1 amide bonds. The lowest BCUT2D eigenvalue weighted by Gasteiger charge is -2.17. The van der Waals surface area contributed by atoms with Crippen LogP contribution in [0.5, 0.6) is 0 Å². The van der Waals surface area contributed by atoms with Crippen molar-refractivity contribution < 1.29 is 36.3 Å². The van der Waals surface area contributed by atoms with Gasteiger partial charge in [0.2, 0.25) is 5.91 Å². The standard InChI is InChI=1S/C25H34N4O3S.C2HF3O2/c1-19(2)21-8-10-23(11-9-21)33(31,32)18-26-14-12-24(30)29(3)17-13-20-4-6-22(7-5-20)25-27-15-16-28-25;3-2(4,5)1(6)7/h4-11,19,26H,12-18H2,1-3H3,(H,27,28);(H,6,7). The Hall–Kier alpha value is -3.45. The quantitative estimate of drug-likeness (QED) is 0.346. The van der Waals surface area contributed by atoms with E-state index in [1.807, 2.05) is 12.1 Å². The summed E-state index contributed by atoms with van der Waals surface area (Å²) < 4.78 is 56.7. The number of nitrogens with zero attached hydrogens (tertiary/aromatic N) is 2. The first-order valence-electron chi connectivity index (χ1n) is 12.7. The van der Waals surface area contributed by atoms with E-state index in [4.69, 9.17) is 9.90 Å². The summed E-state index contributed by atoms with van der Waals surface area (Å²) in [6.07, 6.45) is -4.07. The molecule has 0 spiro atoms. The van der Waals surface area contributed by atoms with Gasteiger partial charge in [-0.2, -0.15) is 13.2 Å². The number of amides is 1. The van der Waals surface area contributed by atoms with E-state index >= 15 is 0 Å². The summed E-state index contributed by atoms with van der Waals surface area (Å²) in [6.45, 7) is 6.76. The molecule has 3 rings (SSSR count). The molecule has 0 unspecified atom stereocenters. The number of aliphatic carboxylic acids is 1. The summed E-state index contributed by atoms with van der Waals surface area (Å²) in [7, 11) is -1.65. The Morgan fingerprint density at radius 2 is 1.70 bits per heavy atom. The summed E-state index contributed by atoms with van der Waals surface area (Å²) in [4.78, 5) is 27.7. The number of halogens is 3. The van der Waals surface area contributed by atoms with Crippen LogP contribution in [0.4, 0.5) is 13.2 Å². The molecule has 2 aromatic carbocycles. The predicted octanol–water partition coefficient (Wildman–Crippen LogP) is 3.21. The molecule has 0 atom stereocenters. The zero-order valence-corrected chi connectivity index (χ0v) is 23.5. The average Bonchev–Trinajstić information content (AvgIpc) is 3.45. The fourth-order valence-corrected chi connectivity index (χ4v) is 4.71. The SMILES string of the molecule is CC(C)c1ccc(S(=O)(=O)CNCCC(=O)N(C)CCc2ccc(C3=NCCN3)cc2)cc1.O=C(O)C(F)(F)F. The molecule has 0 fully saturated rings. The predicted molar refractivity (Wildman–Crippen MR) is 146 cm³/mol. The number of carboxylic acid groups (broad SMARTS) is 1. The van der Waals surface area contributed by atoms with Crippen LogP contribution in [0.15, 0.2) is 58.4 Å². The maximum Gasteiger partial charge on any atom is 0.490 e. The second-order valence-corrected chi connectivity index (χ2v) is 11.4. The first-order chi connectivity index (χ1) is 18.7. The summed E-state index contributed by atoms with van der Waals surface area (Å²) in [5.41, 5.74) is 3.34. The topological polar surface area (TPSA) is 128 Å². The molecule has 40 heavy (non-hydrogen) atoms. The van der Waals surface area contributed by atoms with Gasteiger partial charge in [0.25, 0.3) is 0 Å². The van der Waals surface area contributed by atoms with Crippen molar-refractivity contribution in [2.24, 2.45) is 4.99 Å². The highest BCUT2D eigenvalue weighted by Crippen LogP contribution is 2.18. The second-order valence-electron chi connectivity index (χ2n) is 9.46. The van der Waals surface area contributed by atoms with Gasteiger partial charge in [-0.15, -0.1) is 0 Å². The van der Waals surface area contributed by atoms with Crippen molar-refractivity contribution >= 4 is 27.5 Å². The molecule has 0 radical (unpaired) electrons. The van der Waals surface area contributed by atoms with E-state index in [1.54, 1.807) is 24.1 Å². The Labute approximate surface area is 232 Å². The van der Waals surface area contributed by atoms with Gasteiger partial charge < -0.3 is 20.6 Å². The minimum atomic E-state index is -5.08. The molecule has 3 N–H and O–H groups in total. The number of aliphatic imine (C=N–C) groups is 1. The van der Waals surface area contributed by atoms with Crippen LogP contribution >= 0.6 is 0 Å². The van der Waals surface area contributed by atoms with Gasteiger partial charge in [0.15, 0.2) is 9.84 Å².